The Labute approximate surface area is 150 Å². The van der Waals surface area contributed by atoms with Crippen LogP contribution < -0.4 is 10.1 Å². The first kappa shape index (κ1) is 17.5. The molecular formula is C14H14IN3O4S. The third-order valence-electron chi connectivity index (χ3n) is 2.77. The van der Waals surface area contributed by atoms with Gasteiger partial charge in [-0.3, -0.25) is 5.32 Å². The fourth-order valence-electron chi connectivity index (χ4n) is 1.64. The van der Waals surface area contributed by atoms with Crippen LogP contribution in [-0.2, 0) is 6.61 Å². The first-order valence-corrected chi connectivity index (χ1v) is 8.32. The summed E-state index contributed by atoms with van der Waals surface area (Å²) in [5, 5.41) is 12.0. The van der Waals surface area contributed by atoms with E-state index in [0.29, 0.717) is 0 Å². The number of urea groups is 1. The van der Waals surface area contributed by atoms with E-state index >= 15 is 0 Å². The highest BCUT2D eigenvalue weighted by Gasteiger charge is 2.23. The van der Waals surface area contributed by atoms with Gasteiger partial charge in [-0.05, 0) is 51.8 Å². The molecule has 0 saturated carbocycles. The minimum Gasteiger partial charge on any atom is -0.477 e. The molecule has 1 aromatic heterocycles. The van der Waals surface area contributed by atoms with Gasteiger partial charge < -0.3 is 14.7 Å². The number of carbonyl (C=O) groups excluding carboxylic acids is 1. The number of anilines is 1. The average Bonchev–Trinajstić information content (AvgIpc) is 2.88. The number of carboxylic acid groups (broad SMARTS) is 1. The summed E-state index contributed by atoms with van der Waals surface area (Å²) in [5.74, 6) is -1.21. The van der Waals surface area contributed by atoms with Gasteiger partial charge in [0.15, 0.2) is 5.56 Å². The lowest BCUT2D eigenvalue weighted by Gasteiger charge is -2.11. The van der Waals surface area contributed by atoms with Crippen LogP contribution in [0.1, 0.15) is 15.9 Å². The molecule has 122 valence electrons. The molecule has 1 aromatic carbocycles. The van der Waals surface area contributed by atoms with E-state index in [9.17, 15) is 14.7 Å². The monoisotopic (exact) mass is 447 g/mol. The van der Waals surface area contributed by atoms with Crippen LogP contribution >= 0.6 is 34.1 Å². The van der Waals surface area contributed by atoms with Gasteiger partial charge in [0.25, 0.3) is 0 Å². The molecule has 0 bridgehead atoms. The zero-order chi connectivity index (χ0) is 17.0. The van der Waals surface area contributed by atoms with Crippen molar-refractivity contribution in [2.75, 3.05) is 19.4 Å². The zero-order valence-electron chi connectivity index (χ0n) is 12.4. The second-order valence-corrected chi connectivity index (χ2v) is 6.76. The van der Waals surface area contributed by atoms with E-state index in [0.717, 1.165) is 20.7 Å². The van der Waals surface area contributed by atoms with Crippen LogP contribution in [0, 0.1) is 3.57 Å². The molecule has 2 aromatic rings. The molecule has 2 N–H and O–H groups in total. The molecule has 0 spiro atoms. The van der Waals surface area contributed by atoms with E-state index in [4.69, 9.17) is 4.74 Å². The molecule has 0 fully saturated rings. The Bertz CT molecular complexity index is 733. The number of carbonyl (C=O) groups is 2. The van der Waals surface area contributed by atoms with E-state index in [1.807, 2.05) is 24.3 Å². The lowest BCUT2D eigenvalue weighted by molar-refractivity contribution is 0.0693. The van der Waals surface area contributed by atoms with Gasteiger partial charge in [-0.25, -0.2) is 9.59 Å². The zero-order valence-corrected chi connectivity index (χ0v) is 15.3. The Kier molecular flexibility index (Phi) is 5.77. The first-order chi connectivity index (χ1) is 10.9. The molecule has 2 rings (SSSR count). The van der Waals surface area contributed by atoms with E-state index in [-0.39, 0.29) is 23.1 Å². The topological polar surface area (TPSA) is 91.8 Å². The van der Waals surface area contributed by atoms with Gasteiger partial charge in [-0.15, -0.1) is 0 Å². The molecule has 0 atom stereocenters. The van der Waals surface area contributed by atoms with Gasteiger partial charge >= 0.3 is 12.0 Å². The summed E-state index contributed by atoms with van der Waals surface area (Å²) >= 11 is 3.06. The van der Waals surface area contributed by atoms with Crippen LogP contribution in [0.5, 0.6) is 5.88 Å². The lowest BCUT2D eigenvalue weighted by atomic mass is 10.2. The van der Waals surface area contributed by atoms with Gasteiger partial charge in [0.2, 0.25) is 5.88 Å². The van der Waals surface area contributed by atoms with Crippen LogP contribution in [0.3, 0.4) is 0 Å². The van der Waals surface area contributed by atoms with Gasteiger partial charge in [0.05, 0.1) is 0 Å². The Balaban J connectivity index is 2.17. The largest absolute Gasteiger partial charge is 0.477 e. The Hall–Kier alpha value is -1.88. The number of ether oxygens (including phenoxy) is 1. The van der Waals surface area contributed by atoms with Gasteiger partial charge in [0.1, 0.15) is 11.6 Å². The quantitative estimate of drug-likeness (QED) is 0.688. The van der Waals surface area contributed by atoms with Gasteiger partial charge in [-0.2, -0.15) is 4.37 Å². The van der Waals surface area contributed by atoms with Crippen LogP contribution in [-0.4, -0.2) is 40.5 Å². The van der Waals surface area contributed by atoms with E-state index in [1.54, 1.807) is 14.1 Å². The first-order valence-electron chi connectivity index (χ1n) is 6.47. The summed E-state index contributed by atoms with van der Waals surface area (Å²) in [6.07, 6.45) is 0. The number of amides is 2. The van der Waals surface area contributed by atoms with Crippen LogP contribution in [0.25, 0.3) is 0 Å². The fraction of sp³-hybridized carbons (Fsp3) is 0.214. The number of benzene rings is 1. The maximum atomic E-state index is 11.7. The van der Waals surface area contributed by atoms with Crippen molar-refractivity contribution in [3.05, 3.63) is 39.0 Å². The molecule has 9 heteroatoms. The number of carboxylic acids is 1. The number of rotatable bonds is 5. The molecule has 0 aliphatic heterocycles. The second-order valence-electron chi connectivity index (χ2n) is 4.74. The van der Waals surface area contributed by atoms with Crippen molar-refractivity contribution < 1.29 is 19.4 Å². The average molecular weight is 447 g/mol. The molecular weight excluding hydrogens is 433 g/mol. The number of halogens is 1. The van der Waals surface area contributed by atoms with E-state index in [2.05, 4.69) is 32.3 Å². The molecule has 23 heavy (non-hydrogen) atoms. The smallest absolute Gasteiger partial charge is 0.344 e. The highest BCUT2D eigenvalue weighted by molar-refractivity contribution is 14.1. The molecule has 0 aliphatic rings. The van der Waals surface area contributed by atoms with Crippen molar-refractivity contribution in [1.29, 1.82) is 0 Å². The van der Waals surface area contributed by atoms with Crippen molar-refractivity contribution in [1.82, 2.24) is 9.27 Å². The Morgan fingerprint density at radius 3 is 2.78 bits per heavy atom. The van der Waals surface area contributed by atoms with Gasteiger partial charge in [0, 0.05) is 17.7 Å². The van der Waals surface area contributed by atoms with Crippen molar-refractivity contribution in [2.24, 2.45) is 0 Å². The van der Waals surface area contributed by atoms with Crippen LogP contribution in [0.15, 0.2) is 24.3 Å². The molecule has 0 radical (unpaired) electrons. The van der Waals surface area contributed by atoms with Crippen LogP contribution in [0.4, 0.5) is 9.80 Å². The summed E-state index contributed by atoms with van der Waals surface area (Å²) in [4.78, 5) is 24.4. The molecule has 0 aliphatic carbocycles. The van der Waals surface area contributed by atoms with Crippen LogP contribution in [0.2, 0.25) is 0 Å². The van der Waals surface area contributed by atoms with Crippen molar-refractivity contribution in [2.45, 2.75) is 6.61 Å². The highest BCUT2D eigenvalue weighted by Crippen LogP contribution is 2.31. The third kappa shape index (κ3) is 4.55. The highest BCUT2D eigenvalue weighted by atomic mass is 127. The Morgan fingerprint density at radius 1 is 1.43 bits per heavy atom. The summed E-state index contributed by atoms with van der Waals surface area (Å²) < 4.78 is 10.6. The summed E-state index contributed by atoms with van der Waals surface area (Å²) in [6.45, 7) is 0.196. The van der Waals surface area contributed by atoms with Crippen molar-refractivity contribution in [3.8, 4) is 5.88 Å². The predicted octanol–water partition coefficient (Wildman–Crippen LogP) is 3.12. The number of hydrogen-bond acceptors (Lipinski definition) is 5. The number of hydrogen-bond donors (Lipinski definition) is 2. The maximum absolute atomic E-state index is 11.7. The van der Waals surface area contributed by atoms with Crippen molar-refractivity contribution >= 4 is 51.1 Å². The number of aromatic nitrogens is 1. The molecule has 2 amide bonds. The summed E-state index contributed by atoms with van der Waals surface area (Å²) in [5.41, 5.74) is 0.760. The molecule has 0 unspecified atom stereocenters. The van der Waals surface area contributed by atoms with Gasteiger partial charge in [-0.1, -0.05) is 12.1 Å². The fourth-order valence-corrected chi connectivity index (χ4v) is 2.96. The van der Waals surface area contributed by atoms with E-state index in [1.165, 1.54) is 4.90 Å². The number of nitrogens with zero attached hydrogens (tertiary/aromatic N) is 2. The summed E-state index contributed by atoms with van der Waals surface area (Å²) in [7, 11) is 3.12. The summed E-state index contributed by atoms with van der Waals surface area (Å²) in [6, 6.07) is 7.22. The number of nitrogens with one attached hydrogen (secondary N) is 1. The molecule has 0 saturated heterocycles. The Morgan fingerprint density at radius 2 is 2.17 bits per heavy atom. The lowest BCUT2D eigenvalue weighted by Crippen LogP contribution is -2.27. The minimum atomic E-state index is -1.20. The van der Waals surface area contributed by atoms with E-state index < -0.39 is 12.0 Å². The van der Waals surface area contributed by atoms with Crippen molar-refractivity contribution in [3.63, 3.8) is 0 Å². The third-order valence-corrected chi connectivity index (χ3v) is 4.18. The second kappa shape index (κ2) is 7.59. The SMILES string of the molecule is CN(C)C(=O)Nc1snc(OCc2cccc(I)c2)c1C(=O)O. The molecule has 7 nitrogen and oxygen atoms in total. The molecule has 1 heterocycles. The minimum absolute atomic E-state index is 0.00424. The standard InChI is InChI=1S/C14H14IN3O4S/c1-18(2)14(21)16-12-10(13(19)20)11(17-23-12)22-7-8-4-3-5-9(15)6-8/h3-6H,7H2,1-2H3,(H,16,21)(H,19,20). The maximum Gasteiger partial charge on any atom is 0.344 e. The normalized spacial score (nSPS) is 10.2. The number of aromatic carboxylic acids is 1. The predicted molar refractivity (Wildman–Crippen MR) is 95.3 cm³/mol.